The lowest BCUT2D eigenvalue weighted by molar-refractivity contribution is -0.125. The second kappa shape index (κ2) is 7.65. The third-order valence-corrected chi connectivity index (χ3v) is 6.10. The molecule has 0 fully saturated rings. The molecular formula is C23H21F2N5O3. The molecule has 1 aromatic heterocycles. The first-order valence-electron chi connectivity index (χ1n) is 10.5. The molecule has 1 atom stereocenters. The molecule has 0 spiro atoms. The van der Waals surface area contributed by atoms with Crippen LogP contribution in [0.5, 0.6) is 5.75 Å². The van der Waals surface area contributed by atoms with E-state index in [2.05, 4.69) is 15.6 Å². The fourth-order valence-corrected chi connectivity index (χ4v) is 4.29. The first-order valence-corrected chi connectivity index (χ1v) is 10.5. The molecule has 2 aromatic carbocycles. The minimum Gasteiger partial charge on any atom is -0.476 e. The van der Waals surface area contributed by atoms with Crippen LogP contribution in [0, 0.1) is 18.6 Å². The molecule has 1 N–H and O–H groups in total. The smallest absolute Gasteiger partial charge is 0.268 e. The molecule has 33 heavy (non-hydrogen) atoms. The van der Waals surface area contributed by atoms with E-state index in [-0.39, 0.29) is 35.4 Å². The van der Waals surface area contributed by atoms with Crippen LogP contribution < -0.4 is 15.0 Å². The van der Waals surface area contributed by atoms with E-state index < -0.39 is 17.7 Å². The largest absolute Gasteiger partial charge is 0.476 e. The van der Waals surface area contributed by atoms with Crippen LogP contribution >= 0.6 is 0 Å². The molecule has 0 radical (unpaired) electrons. The number of hydrogen-bond acceptors (Lipinski definition) is 5. The van der Waals surface area contributed by atoms with Crippen molar-refractivity contribution in [2.24, 2.45) is 7.05 Å². The number of nitrogens with one attached hydrogen (secondary N) is 1. The molecule has 0 unspecified atom stereocenters. The van der Waals surface area contributed by atoms with Gasteiger partial charge in [0.25, 0.3) is 11.8 Å². The molecule has 8 nitrogen and oxygen atoms in total. The van der Waals surface area contributed by atoms with E-state index in [1.165, 1.54) is 17.0 Å². The number of carbonyl (C=O) groups excluding carboxylic acids is 2. The van der Waals surface area contributed by atoms with Crippen LogP contribution in [-0.2, 0) is 24.8 Å². The summed E-state index contributed by atoms with van der Waals surface area (Å²) in [6.07, 6.45) is -0.498. The number of benzene rings is 2. The maximum atomic E-state index is 15.2. The predicted molar refractivity (Wildman–Crippen MR) is 115 cm³/mol. The van der Waals surface area contributed by atoms with Gasteiger partial charge in [0, 0.05) is 24.7 Å². The number of amides is 2. The summed E-state index contributed by atoms with van der Waals surface area (Å²) in [5, 5.41) is 10.7. The summed E-state index contributed by atoms with van der Waals surface area (Å²) in [5.74, 6) is -1.99. The molecule has 0 saturated carbocycles. The van der Waals surface area contributed by atoms with Crippen LogP contribution in [0.2, 0.25) is 0 Å². The van der Waals surface area contributed by atoms with Gasteiger partial charge in [0.1, 0.15) is 5.82 Å². The average Bonchev–Trinajstić information content (AvgIpc) is 3.10. The molecule has 0 saturated heterocycles. The summed E-state index contributed by atoms with van der Waals surface area (Å²) < 4.78 is 37.1. The lowest BCUT2D eigenvalue weighted by Crippen LogP contribution is -2.44. The number of aryl methyl sites for hydroxylation is 2. The van der Waals surface area contributed by atoms with Gasteiger partial charge in [0.05, 0.1) is 23.6 Å². The Morgan fingerprint density at radius 1 is 1.15 bits per heavy atom. The lowest BCUT2D eigenvalue weighted by atomic mass is 9.93. The van der Waals surface area contributed by atoms with Gasteiger partial charge in [-0.1, -0.05) is 5.21 Å². The highest BCUT2D eigenvalue weighted by molar-refractivity contribution is 6.01. The molecule has 0 bridgehead atoms. The quantitative estimate of drug-likeness (QED) is 0.659. The first-order chi connectivity index (χ1) is 15.7. The number of rotatable bonds is 3. The number of ether oxygens (including phenoxy) is 1. The normalized spacial score (nSPS) is 17.4. The van der Waals surface area contributed by atoms with Gasteiger partial charge in [-0.3, -0.25) is 19.2 Å². The number of anilines is 1. The molecule has 5 rings (SSSR count). The maximum absolute atomic E-state index is 15.2. The van der Waals surface area contributed by atoms with Gasteiger partial charge in [-0.15, -0.1) is 5.10 Å². The highest BCUT2D eigenvalue weighted by Crippen LogP contribution is 2.41. The van der Waals surface area contributed by atoms with Crippen molar-refractivity contribution in [3.8, 4) is 16.9 Å². The SMILES string of the molecule is Cc1nnn(C)c1CN1C(=O)[C@@H](C)Oc2c(F)cc(-c3cc(F)c4c(c3)C(=O)NCC4)cc21. The Balaban J connectivity index is 1.64. The Hall–Kier alpha value is -3.82. The number of carbonyl (C=O) groups is 2. The van der Waals surface area contributed by atoms with Gasteiger partial charge in [-0.05, 0) is 55.7 Å². The Morgan fingerprint density at radius 2 is 1.88 bits per heavy atom. The van der Waals surface area contributed by atoms with Crippen LogP contribution in [0.3, 0.4) is 0 Å². The minimum absolute atomic E-state index is 0.0604. The zero-order valence-corrected chi connectivity index (χ0v) is 18.3. The van der Waals surface area contributed by atoms with Crippen LogP contribution in [0.1, 0.15) is 34.2 Å². The van der Waals surface area contributed by atoms with Gasteiger partial charge in [0.15, 0.2) is 17.7 Å². The van der Waals surface area contributed by atoms with E-state index in [0.717, 1.165) is 0 Å². The summed E-state index contributed by atoms with van der Waals surface area (Å²) in [6, 6.07) is 5.62. The summed E-state index contributed by atoms with van der Waals surface area (Å²) in [4.78, 5) is 26.7. The third-order valence-electron chi connectivity index (χ3n) is 6.10. The Kier molecular flexibility index (Phi) is 4.88. The van der Waals surface area contributed by atoms with Crippen LogP contribution in [0.15, 0.2) is 24.3 Å². The molecule has 2 aliphatic rings. The summed E-state index contributed by atoms with van der Waals surface area (Å²) in [5.41, 5.74) is 2.77. The summed E-state index contributed by atoms with van der Waals surface area (Å²) in [7, 11) is 1.71. The van der Waals surface area contributed by atoms with Gasteiger partial charge in [-0.25, -0.2) is 8.78 Å². The molecule has 3 aromatic rings. The van der Waals surface area contributed by atoms with E-state index in [9.17, 15) is 14.0 Å². The predicted octanol–water partition coefficient (Wildman–Crippen LogP) is 2.67. The second-order valence-electron chi connectivity index (χ2n) is 8.23. The van der Waals surface area contributed by atoms with Crippen molar-refractivity contribution in [2.75, 3.05) is 11.4 Å². The number of hydrogen-bond donors (Lipinski definition) is 1. The highest BCUT2D eigenvalue weighted by Gasteiger charge is 2.35. The molecule has 170 valence electrons. The van der Waals surface area contributed by atoms with Crippen molar-refractivity contribution in [2.45, 2.75) is 32.9 Å². The first kappa shape index (κ1) is 21.0. The summed E-state index contributed by atoms with van der Waals surface area (Å²) >= 11 is 0. The van der Waals surface area contributed by atoms with Crippen molar-refractivity contribution in [1.29, 1.82) is 0 Å². The molecule has 3 heterocycles. The third kappa shape index (κ3) is 3.42. The van der Waals surface area contributed by atoms with Crippen LogP contribution in [-0.4, -0.2) is 39.5 Å². The van der Waals surface area contributed by atoms with Crippen LogP contribution in [0.4, 0.5) is 14.5 Å². The number of nitrogens with zero attached hydrogens (tertiary/aromatic N) is 4. The molecule has 2 aliphatic heterocycles. The van der Waals surface area contributed by atoms with Gasteiger partial charge in [0.2, 0.25) is 0 Å². The number of fused-ring (bicyclic) bond motifs is 2. The van der Waals surface area contributed by atoms with Crippen molar-refractivity contribution in [1.82, 2.24) is 20.3 Å². The maximum Gasteiger partial charge on any atom is 0.268 e. The van der Waals surface area contributed by atoms with Crippen molar-refractivity contribution >= 4 is 17.5 Å². The fourth-order valence-electron chi connectivity index (χ4n) is 4.29. The van der Waals surface area contributed by atoms with Crippen LogP contribution in [0.25, 0.3) is 11.1 Å². The Bertz CT molecular complexity index is 1300. The summed E-state index contributed by atoms with van der Waals surface area (Å²) in [6.45, 7) is 3.80. The number of aromatic nitrogens is 3. The standard InChI is InChI=1S/C23H21F2N5O3/c1-11-20(29(3)28-27-11)10-30-19-9-14(8-18(25)21(19)33-12(2)23(30)32)13-6-16-15(17(24)7-13)4-5-26-22(16)31/h6-9,12H,4-5,10H2,1-3H3,(H,26,31)/t12-/m1/s1. The van der Waals surface area contributed by atoms with Crippen molar-refractivity contribution < 1.29 is 23.1 Å². The van der Waals surface area contributed by atoms with E-state index in [0.29, 0.717) is 41.0 Å². The Morgan fingerprint density at radius 3 is 2.61 bits per heavy atom. The topological polar surface area (TPSA) is 89.3 Å². The van der Waals surface area contributed by atoms with Crippen molar-refractivity contribution in [3.05, 3.63) is 58.4 Å². The zero-order valence-electron chi connectivity index (χ0n) is 18.3. The highest BCUT2D eigenvalue weighted by atomic mass is 19.1. The monoisotopic (exact) mass is 453 g/mol. The average molecular weight is 453 g/mol. The zero-order chi connectivity index (χ0) is 23.4. The molecule has 0 aliphatic carbocycles. The molecule has 2 amide bonds. The van der Waals surface area contributed by atoms with Crippen molar-refractivity contribution in [3.63, 3.8) is 0 Å². The number of halogens is 2. The second-order valence-corrected chi connectivity index (χ2v) is 8.23. The van der Waals surface area contributed by atoms with Gasteiger partial charge < -0.3 is 10.1 Å². The molecular weight excluding hydrogens is 432 g/mol. The fraction of sp³-hybridized carbons (Fsp3) is 0.304. The van der Waals surface area contributed by atoms with E-state index in [1.54, 1.807) is 37.7 Å². The van der Waals surface area contributed by atoms with Gasteiger partial charge in [-0.2, -0.15) is 0 Å². The molecule has 10 heteroatoms. The lowest BCUT2D eigenvalue weighted by Gasteiger charge is -2.33. The van der Waals surface area contributed by atoms with E-state index in [1.807, 2.05) is 0 Å². The minimum atomic E-state index is -0.885. The van der Waals surface area contributed by atoms with E-state index in [4.69, 9.17) is 4.74 Å². The van der Waals surface area contributed by atoms with E-state index >= 15 is 4.39 Å². The van der Waals surface area contributed by atoms with Gasteiger partial charge >= 0.3 is 0 Å². The Labute approximate surface area is 188 Å².